The van der Waals surface area contributed by atoms with Crippen molar-refractivity contribution >= 4 is 82.3 Å². The lowest BCUT2D eigenvalue weighted by molar-refractivity contribution is 0.243. The highest BCUT2D eigenvalue weighted by atomic mass is 14.5. The van der Waals surface area contributed by atoms with Crippen LogP contribution in [0.4, 0.5) is 0 Å². The molecule has 9 aromatic carbocycles. The maximum Gasteiger partial charge on any atom is 0.216 e. The fourth-order valence-corrected chi connectivity index (χ4v) is 10.8. The quantitative estimate of drug-likeness (QED) is 0.174. The molecule has 0 bridgehead atoms. The zero-order chi connectivity index (χ0) is 31.1. The average Bonchev–Trinajstić information content (AvgIpc) is 3.67. The monoisotopic (exact) mass is 598 g/mol. The summed E-state index contributed by atoms with van der Waals surface area (Å²) in [4.78, 5) is 0. The van der Waals surface area contributed by atoms with Crippen LogP contribution in [0.25, 0.3) is 75.8 Å². The minimum Gasteiger partial charge on any atom is -0.0735 e. The Kier molecular flexibility index (Phi) is 4.98. The molecule has 2 aliphatic rings. The number of fused-ring (bicyclic) bond motifs is 9. The lowest BCUT2D eigenvalue weighted by Gasteiger charge is -2.48. The highest BCUT2D eigenvalue weighted by Gasteiger charge is 2.60. The Balaban J connectivity index is 1.15. The van der Waals surface area contributed by atoms with Crippen molar-refractivity contribution in [2.24, 2.45) is 0 Å². The van der Waals surface area contributed by atoms with E-state index in [9.17, 15) is 0 Å². The molecule has 0 spiro atoms. The minimum absolute atomic E-state index is 0.169. The molecule has 2 unspecified atom stereocenters. The summed E-state index contributed by atoms with van der Waals surface area (Å²) in [6, 6.07) is 49.2. The summed E-state index contributed by atoms with van der Waals surface area (Å²) < 4.78 is 0. The largest absolute Gasteiger partial charge is 0.216 e. The van der Waals surface area contributed by atoms with Gasteiger partial charge in [0.25, 0.3) is 0 Å². The van der Waals surface area contributed by atoms with E-state index < -0.39 is 0 Å². The molecule has 0 amide bonds. The first kappa shape index (κ1) is 26.2. The predicted octanol–water partition coefficient (Wildman–Crippen LogP) is 11.4. The molecule has 1 aliphatic carbocycles. The number of benzene rings is 7. The minimum atomic E-state index is 0.169. The molecular weight excluding hydrogens is 563 g/mol. The molecule has 0 nitrogen and oxygen atoms in total. The van der Waals surface area contributed by atoms with E-state index in [1.807, 2.05) is 0 Å². The molecule has 1 heterocycles. The Bertz CT molecular complexity index is 2640. The molecule has 0 aromatic heterocycles. The van der Waals surface area contributed by atoms with Crippen LogP contribution >= 0.6 is 0 Å². The first-order valence-corrected chi connectivity index (χ1v) is 17.5. The maximum atomic E-state index is 2.60. The highest BCUT2D eigenvalue weighted by molar-refractivity contribution is 6.89. The fraction of sp³-hybridized carbons (Fsp3) is 0.174. The molecule has 0 saturated heterocycles. The van der Waals surface area contributed by atoms with Gasteiger partial charge in [-0.2, -0.15) is 0 Å². The number of hydrogen-bond donors (Lipinski definition) is 0. The molecular formula is C46H35B. The summed E-state index contributed by atoms with van der Waals surface area (Å²) >= 11 is 0. The first-order valence-electron chi connectivity index (χ1n) is 17.5. The van der Waals surface area contributed by atoms with Gasteiger partial charge in [0.1, 0.15) is 0 Å². The van der Waals surface area contributed by atoms with E-state index in [-0.39, 0.29) is 10.7 Å². The first-order chi connectivity index (χ1) is 23.0. The SMILES string of the molecule is CC12CCCCC1(C)c1cc(-c3ccc4c5cc6c(cc5c5cccc3c54)c3cccc4cccc6c43)ccc1B2c1ccccc1. The van der Waals surface area contributed by atoms with Crippen LogP contribution in [-0.4, -0.2) is 6.71 Å². The number of rotatable bonds is 2. The van der Waals surface area contributed by atoms with Crippen molar-refractivity contribution in [3.05, 3.63) is 133 Å². The molecule has 2 atom stereocenters. The van der Waals surface area contributed by atoms with Gasteiger partial charge in [0.05, 0.1) is 0 Å². The Morgan fingerprint density at radius 3 is 1.83 bits per heavy atom. The second-order valence-electron chi connectivity index (χ2n) is 15.1. The predicted molar refractivity (Wildman–Crippen MR) is 205 cm³/mol. The van der Waals surface area contributed by atoms with Gasteiger partial charge in [0, 0.05) is 0 Å². The van der Waals surface area contributed by atoms with Crippen molar-refractivity contribution in [1.29, 1.82) is 0 Å². The summed E-state index contributed by atoms with van der Waals surface area (Å²) in [6.07, 6.45) is 5.20. The molecule has 47 heavy (non-hydrogen) atoms. The van der Waals surface area contributed by atoms with E-state index in [4.69, 9.17) is 0 Å². The summed E-state index contributed by atoms with van der Waals surface area (Å²) in [5.74, 6) is 0. The Morgan fingerprint density at radius 1 is 0.489 bits per heavy atom. The Labute approximate surface area is 275 Å². The lowest BCUT2D eigenvalue weighted by atomic mass is 9.26. The Morgan fingerprint density at radius 2 is 1.11 bits per heavy atom. The van der Waals surface area contributed by atoms with Gasteiger partial charge in [-0.1, -0.05) is 159 Å². The van der Waals surface area contributed by atoms with Crippen molar-refractivity contribution in [2.75, 3.05) is 0 Å². The third-order valence-corrected chi connectivity index (χ3v) is 13.2. The van der Waals surface area contributed by atoms with Crippen LogP contribution in [0.1, 0.15) is 45.1 Å². The van der Waals surface area contributed by atoms with Crippen molar-refractivity contribution in [1.82, 2.24) is 0 Å². The molecule has 1 heteroatoms. The molecule has 222 valence electrons. The second kappa shape index (κ2) is 8.93. The van der Waals surface area contributed by atoms with Crippen molar-refractivity contribution in [3.63, 3.8) is 0 Å². The van der Waals surface area contributed by atoms with E-state index in [0.29, 0.717) is 6.71 Å². The molecule has 0 N–H and O–H groups in total. The number of hydrogen-bond acceptors (Lipinski definition) is 0. The van der Waals surface area contributed by atoms with Crippen LogP contribution < -0.4 is 10.9 Å². The van der Waals surface area contributed by atoms with Gasteiger partial charge in [0.15, 0.2) is 0 Å². The van der Waals surface area contributed by atoms with E-state index in [2.05, 4.69) is 141 Å². The van der Waals surface area contributed by atoms with Crippen molar-refractivity contribution in [2.45, 2.75) is 50.3 Å². The van der Waals surface area contributed by atoms with Gasteiger partial charge in [0.2, 0.25) is 6.71 Å². The van der Waals surface area contributed by atoms with E-state index in [1.165, 1.54) is 107 Å². The van der Waals surface area contributed by atoms with Crippen molar-refractivity contribution < 1.29 is 0 Å². The van der Waals surface area contributed by atoms with Gasteiger partial charge in [-0.15, -0.1) is 0 Å². The normalized spacial score (nSPS) is 21.2. The molecule has 1 aliphatic heterocycles. The molecule has 0 radical (unpaired) electrons. The summed E-state index contributed by atoms with van der Waals surface area (Å²) in [5, 5.41) is 16.7. The molecule has 1 saturated carbocycles. The maximum absolute atomic E-state index is 2.60. The van der Waals surface area contributed by atoms with Gasteiger partial charge in [-0.3, -0.25) is 0 Å². The summed E-state index contributed by atoms with van der Waals surface area (Å²) in [6.45, 7) is 5.62. The van der Waals surface area contributed by atoms with Crippen LogP contribution in [0.5, 0.6) is 0 Å². The second-order valence-corrected chi connectivity index (χ2v) is 15.1. The van der Waals surface area contributed by atoms with E-state index >= 15 is 0 Å². The average molecular weight is 599 g/mol. The molecule has 11 rings (SSSR count). The lowest BCUT2D eigenvalue weighted by Crippen LogP contribution is -2.51. The van der Waals surface area contributed by atoms with Crippen LogP contribution in [0.3, 0.4) is 0 Å². The smallest absolute Gasteiger partial charge is 0.0735 e. The van der Waals surface area contributed by atoms with Crippen molar-refractivity contribution in [3.8, 4) is 11.1 Å². The van der Waals surface area contributed by atoms with Gasteiger partial charge >= 0.3 is 0 Å². The van der Waals surface area contributed by atoms with E-state index in [1.54, 1.807) is 11.0 Å². The van der Waals surface area contributed by atoms with Gasteiger partial charge in [-0.05, 0) is 111 Å². The molecule has 1 fully saturated rings. The van der Waals surface area contributed by atoms with Crippen LogP contribution in [0, 0.1) is 0 Å². The standard InChI is InChI=1S/C46H35B/c1-45-23-6-7-24-46(45,2)47(30-13-4-3-5-14-30)42-22-19-29(25-41(42)45)31-20-21-36-40-27-38-34-16-9-12-28-11-8-15-33(43(28)34)37(38)26-39(40)35-18-10-17-32(31)44(35)36/h3-5,8-22,25-27H,6-7,23-24H2,1-2H3. The van der Waals surface area contributed by atoms with Gasteiger partial charge < -0.3 is 0 Å². The molecule has 9 aromatic rings. The topological polar surface area (TPSA) is 0 Å². The summed E-state index contributed by atoms with van der Waals surface area (Å²) in [5.41, 5.74) is 7.49. The zero-order valence-electron chi connectivity index (χ0n) is 27.0. The Hall–Kier alpha value is -4.88. The third-order valence-electron chi connectivity index (χ3n) is 13.2. The van der Waals surface area contributed by atoms with Crippen LogP contribution in [0.2, 0.25) is 5.31 Å². The van der Waals surface area contributed by atoms with Gasteiger partial charge in [-0.25, -0.2) is 0 Å². The zero-order valence-corrected chi connectivity index (χ0v) is 27.0. The fourth-order valence-electron chi connectivity index (χ4n) is 10.8. The highest BCUT2D eigenvalue weighted by Crippen LogP contribution is 2.62. The summed E-state index contributed by atoms with van der Waals surface area (Å²) in [7, 11) is 0. The van der Waals surface area contributed by atoms with Crippen LogP contribution in [0.15, 0.2) is 127 Å². The third kappa shape index (κ3) is 3.16. The van der Waals surface area contributed by atoms with Crippen LogP contribution in [-0.2, 0) is 5.41 Å². The van der Waals surface area contributed by atoms with E-state index in [0.717, 1.165) is 0 Å².